The van der Waals surface area contributed by atoms with Crippen molar-refractivity contribution >= 4 is 39.0 Å². The van der Waals surface area contributed by atoms with Crippen LogP contribution in [-0.2, 0) is 29.5 Å². The molecule has 4 aromatic carbocycles. The fourth-order valence-corrected chi connectivity index (χ4v) is 5.65. The number of sulfonamides is 1. The van der Waals surface area contributed by atoms with Crippen LogP contribution in [0.5, 0.6) is 0 Å². The number of nitrogens with zero attached hydrogens (tertiary/aromatic N) is 1. The molecule has 4 rings (SSSR count). The Morgan fingerprint density at radius 1 is 0.667 bits per heavy atom. The third-order valence-corrected chi connectivity index (χ3v) is 8.38. The maximum atomic E-state index is 13.6. The summed E-state index contributed by atoms with van der Waals surface area (Å²) in [6.45, 7) is 0.317. The van der Waals surface area contributed by atoms with Gasteiger partial charge in [0.05, 0.1) is 14.9 Å². The van der Waals surface area contributed by atoms with E-state index in [0.29, 0.717) is 18.4 Å². The Morgan fingerprint density at radius 2 is 1.22 bits per heavy atom. The third kappa shape index (κ3) is 6.62. The minimum absolute atomic E-state index is 0.0509. The van der Waals surface area contributed by atoms with Gasteiger partial charge in [-0.1, -0.05) is 108 Å². The van der Waals surface area contributed by atoms with Crippen molar-refractivity contribution in [3.63, 3.8) is 0 Å². The zero-order valence-electron chi connectivity index (χ0n) is 19.5. The molecule has 0 radical (unpaired) electrons. The number of ketones is 1. The number of hydrogen-bond acceptors (Lipinski definition) is 3. The number of benzene rings is 4. The summed E-state index contributed by atoms with van der Waals surface area (Å²) in [4.78, 5) is 12.7. The Balaban J connectivity index is 1.53. The Labute approximate surface area is 222 Å². The molecule has 0 fully saturated rings. The summed E-state index contributed by atoms with van der Waals surface area (Å²) in [5.41, 5.74) is 3.35. The van der Waals surface area contributed by atoms with E-state index in [1.54, 1.807) is 24.3 Å². The highest BCUT2D eigenvalue weighted by atomic mass is 35.5. The van der Waals surface area contributed by atoms with Crippen LogP contribution in [0.2, 0.25) is 10.0 Å². The molecule has 0 saturated carbocycles. The van der Waals surface area contributed by atoms with Gasteiger partial charge in [-0.2, -0.15) is 4.31 Å². The molecule has 184 valence electrons. The second-order valence-corrected chi connectivity index (χ2v) is 11.2. The first-order chi connectivity index (χ1) is 17.3. The van der Waals surface area contributed by atoms with Crippen LogP contribution in [0.25, 0.3) is 0 Å². The number of aryl methyl sites for hydroxylation is 1. The van der Waals surface area contributed by atoms with Gasteiger partial charge in [-0.05, 0) is 41.3 Å². The number of carbonyl (C=O) groups excluding carboxylic acids is 1. The second kappa shape index (κ2) is 11.8. The van der Waals surface area contributed by atoms with Gasteiger partial charge in [0.1, 0.15) is 0 Å². The van der Waals surface area contributed by atoms with Crippen molar-refractivity contribution in [2.75, 3.05) is 0 Å². The molecule has 0 aliphatic heterocycles. The molecule has 0 aliphatic rings. The van der Waals surface area contributed by atoms with E-state index in [0.717, 1.165) is 16.7 Å². The lowest BCUT2D eigenvalue weighted by molar-refractivity contribution is 0.0983. The summed E-state index contributed by atoms with van der Waals surface area (Å²) < 4.78 is 28.5. The van der Waals surface area contributed by atoms with Crippen molar-refractivity contribution in [2.24, 2.45) is 0 Å². The van der Waals surface area contributed by atoms with E-state index < -0.39 is 10.0 Å². The third-order valence-electron chi connectivity index (χ3n) is 5.85. The molecule has 0 N–H and O–H groups in total. The first-order valence-corrected chi connectivity index (χ1v) is 13.7. The molecule has 0 unspecified atom stereocenters. The summed E-state index contributed by atoms with van der Waals surface area (Å²) >= 11 is 12.1. The smallest absolute Gasteiger partial charge is 0.243 e. The second-order valence-electron chi connectivity index (χ2n) is 8.44. The van der Waals surface area contributed by atoms with Crippen molar-refractivity contribution in [3.05, 3.63) is 135 Å². The maximum Gasteiger partial charge on any atom is 0.243 e. The number of carbonyl (C=O) groups is 1. The molecule has 0 saturated heterocycles. The highest BCUT2D eigenvalue weighted by Crippen LogP contribution is 2.28. The lowest BCUT2D eigenvalue weighted by Crippen LogP contribution is -2.30. The molecule has 0 spiro atoms. The largest absolute Gasteiger partial charge is 0.294 e. The summed E-state index contributed by atoms with van der Waals surface area (Å²) in [7, 11) is -3.88. The average molecular weight is 538 g/mol. The number of Topliss-reactive ketones (excluding diaryl/α,β-unsaturated/α-hetero) is 1. The summed E-state index contributed by atoms with van der Waals surface area (Å²) in [6.07, 6.45) is 1.09. The molecule has 0 aliphatic carbocycles. The molecular formula is C29H25Cl2NO3S. The molecule has 0 bridgehead atoms. The highest BCUT2D eigenvalue weighted by Gasteiger charge is 2.26. The number of rotatable bonds is 10. The Morgan fingerprint density at radius 3 is 1.81 bits per heavy atom. The van der Waals surface area contributed by atoms with Crippen LogP contribution in [0.3, 0.4) is 0 Å². The van der Waals surface area contributed by atoms with Gasteiger partial charge in [-0.15, -0.1) is 0 Å². The van der Waals surface area contributed by atoms with E-state index in [1.807, 2.05) is 60.7 Å². The van der Waals surface area contributed by atoms with Crippen LogP contribution in [0.4, 0.5) is 0 Å². The topological polar surface area (TPSA) is 54.5 Å². The lowest BCUT2D eigenvalue weighted by Gasteiger charge is -2.23. The fourth-order valence-electron chi connectivity index (χ4n) is 3.85. The standard InChI is InChI=1S/C29H25Cl2NO3S/c30-27-17-16-26(19-28(27)31)36(34,35)32(20-23-9-5-2-6-10-23)21-24-11-14-25(15-12-24)29(33)18-13-22-7-3-1-4-8-22/h1-12,14-17,19H,13,18,20-21H2. The van der Waals surface area contributed by atoms with E-state index in [9.17, 15) is 13.2 Å². The molecule has 7 heteroatoms. The van der Waals surface area contributed by atoms with Crippen LogP contribution >= 0.6 is 23.2 Å². The predicted octanol–water partition coefficient (Wildman–Crippen LogP) is 7.20. The van der Waals surface area contributed by atoms with Crippen LogP contribution in [-0.4, -0.2) is 18.5 Å². The van der Waals surface area contributed by atoms with Crippen LogP contribution in [0.1, 0.15) is 33.5 Å². The van der Waals surface area contributed by atoms with Crippen molar-refractivity contribution in [1.29, 1.82) is 0 Å². The van der Waals surface area contributed by atoms with E-state index in [1.165, 1.54) is 22.5 Å². The van der Waals surface area contributed by atoms with E-state index in [-0.39, 0.29) is 33.8 Å². The van der Waals surface area contributed by atoms with Crippen molar-refractivity contribution in [1.82, 2.24) is 4.31 Å². The number of hydrogen-bond donors (Lipinski definition) is 0. The Kier molecular flexibility index (Phi) is 8.60. The van der Waals surface area contributed by atoms with Gasteiger partial charge >= 0.3 is 0 Å². The first kappa shape index (κ1) is 26.1. The molecule has 36 heavy (non-hydrogen) atoms. The average Bonchev–Trinajstić information content (AvgIpc) is 2.90. The van der Waals surface area contributed by atoms with Crippen LogP contribution in [0.15, 0.2) is 108 Å². The van der Waals surface area contributed by atoms with Crippen molar-refractivity contribution < 1.29 is 13.2 Å². The zero-order valence-corrected chi connectivity index (χ0v) is 21.8. The van der Waals surface area contributed by atoms with Gasteiger partial charge in [0.25, 0.3) is 0 Å². The summed E-state index contributed by atoms with van der Waals surface area (Å²) in [6, 6.07) is 30.7. The zero-order chi connectivity index (χ0) is 25.5. The molecule has 4 aromatic rings. The minimum Gasteiger partial charge on any atom is -0.294 e. The van der Waals surface area contributed by atoms with Gasteiger partial charge in [-0.3, -0.25) is 4.79 Å². The van der Waals surface area contributed by atoms with Gasteiger partial charge in [0.2, 0.25) is 10.0 Å². The van der Waals surface area contributed by atoms with E-state index in [2.05, 4.69) is 0 Å². The van der Waals surface area contributed by atoms with E-state index >= 15 is 0 Å². The first-order valence-electron chi connectivity index (χ1n) is 11.5. The highest BCUT2D eigenvalue weighted by molar-refractivity contribution is 7.89. The number of halogens is 2. The normalized spacial score (nSPS) is 11.5. The van der Waals surface area contributed by atoms with Gasteiger partial charge in [0.15, 0.2) is 5.78 Å². The molecule has 0 aromatic heterocycles. The summed E-state index contributed by atoms with van der Waals surface area (Å²) in [5, 5.41) is 0.466. The molecule has 0 amide bonds. The molecular weight excluding hydrogens is 513 g/mol. The minimum atomic E-state index is -3.88. The Bertz CT molecular complexity index is 1420. The summed E-state index contributed by atoms with van der Waals surface area (Å²) in [5.74, 6) is 0.0509. The molecule has 0 atom stereocenters. The van der Waals surface area contributed by atoms with Gasteiger partial charge < -0.3 is 0 Å². The fraction of sp³-hybridized carbons (Fsp3) is 0.138. The van der Waals surface area contributed by atoms with Crippen LogP contribution < -0.4 is 0 Å². The van der Waals surface area contributed by atoms with Crippen molar-refractivity contribution in [2.45, 2.75) is 30.8 Å². The quantitative estimate of drug-likeness (QED) is 0.201. The van der Waals surface area contributed by atoms with Gasteiger partial charge in [0, 0.05) is 25.1 Å². The van der Waals surface area contributed by atoms with Crippen LogP contribution in [0, 0.1) is 0 Å². The van der Waals surface area contributed by atoms with E-state index in [4.69, 9.17) is 23.2 Å². The predicted molar refractivity (Wildman–Crippen MR) is 145 cm³/mol. The molecule has 0 heterocycles. The monoisotopic (exact) mass is 537 g/mol. The lowest BCUT2D eigenvalue weighted by atomic mass is 10.0. The molecule has 4 nitrogen and oxygen atoms in total. The Hall–Kier alpha value is -2.96. The SMILES string of the molecule is O=C(CCc1ccccc1)c1ccc(CN(Cc2ccccc2)S(=O)(=O)c2ccc(Cl)c(Cl)c2)cc1. The van der Waals surface area contributed by atoms with Crippen molar-refractivity contribution in [3.8, 4) is 0 Å². The maximum absolute atomic E-state index is 13.6. The van der Waals surface area contributed by atoms with Gasteiger partial charge in [-0.25, -0.2) is 8.42 Å².